The summed E-state index contributed by atoms with van der Waals surface area (Å²) in [4.78, 5) is 9.82. The maximum Gasteiger partial charge on any atom is 0.123 e. The zero-order valence-corrected chi connectivity index (χ0v) is 11.6. The first kappa shape index (κ1) is 12.5. The number of benzene rings is 1. The van der Waals surface area contributed by atoms with Crippen molar-refractivity contribution in [1.29, 1.82) is 0 Å². The number of imidazole rings is 1. The number of hydrogen-bond donors (Lipinski definition) is 1. The lowest BCUT2D eigenvalue weighted by Gasteiger charge is -2.18. The molecule has 1 aliphatic heterocycles. The third kappa shape index (κ3) is 2.91. The molecular weight excluding hydrogens is 262 g/mol. The van der Waals surface area contributed by atoms with Crippen LogP contribution in [0.25, 0.3) is 0 Å². The van der Waals surface area contributed by atoms with Crippen LogP contribution in [0.3, 0.4) is 0 Å². The highest BCUT2D eigenvalue weighted by molar-refractivity contribution is 6.30. The third-order valence-electron chi connectivity index (χ3n) is 3.23. The van der Waals surface area contributed by atoms with Crippen molar-refractivity contribution < 1.29 is 4.74 Å². The van der Waals surface area contributed by atoms with Crippen LogP contribution in [0.15, 0.2) is 24.4 Å². The highest BCUT2D eigenvalue weighted by atomic mass is 35.5. The van der Waals surface area contributed by atoms with Gasteiger partial charge in [-0.15, -0.1) is 0 Å². The first-order chi connectivity index (χ1) is 9.20. The van der Waals surface area contributed by atoms with Crippen LogP contribution in [0.2, 0.25) is 5.02 Å². The number of nitrogens with one attached hydrogen (secondary N) is 1. The summed E-state index contributed by atoms with van der Waals surface area (Å²) in [7, 11) is 0. The summed E-state index contributed by atoms with van der Waals surface area (Å²) in [6.07, 6.45) is 1.89. The molecule has 0 atom stereocenters. The Morgan fingerprint density at radius 1 is 1.47 bits per heavy atom. The van der Waals surface area contributed by atoms with Crippen LogP contribution in [0.4, 0.5) is 0 Å². The van der Waals surface area contributed by atoms with E-state index in [9.17, 15) is 0 Å². The van der Waals surface area contributed by atoms with E-state index >= 15 is 0 Å². The number of hydrogen-bond acceptors (Lipinski definition) is 3. The van der Waals surface area contributed by atoms with Gasteiger partial charge in [-0.2, -0.15) is 0 Å². The van der Waals surface area contributed by atoms with Crippen LogP contribution < -0.4 is 4.74 Å². The van der Waals surface area contributed by atoms with Crippen molar-refractivity contribution in [2.45, 2.75) is 20.0 Å². The standard InChI is InChI=1S/C14H16ClN3O/c1-10-16-7-13(17-10)9-18-4-5-19-14-3-2-12(15)6-11(14)8-18/h2-3,6-7H,4-5,8-9H2,1H3,(H,16,17). The van der Waals surface area contributed by atoms with E-state index in [2.05, 4.69) is 14.9 Å². The van der Waals surface area contributed by atoms with Crippen molar-refractivity contribution in [2.24, 2.45) is 0 Å². The van der Waals surface area contributed by atoms with Gasteiger partial charge in [0.2, 0.25) is 0 Å². The normalized spacial score (nSPS) is 15.7. The van der Waals surface area contributed by atoms with E-state index in [0.717, 1.165) is 47.5 Å². The van der Waals surface area contributed by atoms with Gasteiger partial charge in [-0.05, 0) is 25.1 Å². The average molecular weight is 278 g/mol. The second-order valence-corrected chi connectivity index (χ2v) is 5.24. The molecule has 4 nitrogen and oxygen atoms in total. The SMILES string of the molecule is Cc1ncc(CN2CCOc3ccc(Cl)cc3C2)[nH]1. The van der Waals surface area contributed by atoms with Gasteiger partial charge in [0.25, 0.3) is 0 Å². The second-order valence-electron chi connectivity index (χ2n) is 4.81. The van der Waals surface area contributed by atoms with Gasteiger partial charge in [0, 0.05) is 42.1 Å². The molecule has 0 saturated heterocycles. The summed E-state index contributed by atoms with van der Waals surface area (Å²) < 4.78 is 5.75. The predicted octanol–water partition coefficient (Wildman–Crippen LogP) is 2.77. The Morgan fingerprint density at radius 3 is 3.16 bits per heavy atom. The van der Waals surface area contributed by atoms with Crippen molar-refractivity contribution in [3.05, 3.63) is 46.5 Å². The molecule has 5 heteroatoms. The molecule has 0 aliphatic carbocycles. The molecule has 100 valence electrons. The van der Waals surface area contributed by atoms with Gasteiger partial charge in [0.1, 0.15) is 18.2 Å². The van der Waals surface area contributed by atoms with Gasteiger partial charge in [0.05, 0.1) is 0 Å². The number of ether oxygens (including phenoxy) is 1. The second kappa shape index (κ2) is 5.23. The van der Waals surface area contributed by atoms with Gasteiger partial charge in [0.15, 0.2) is 0 Å². The molecular formula is C14H16ClN3O. The van der Waals surface area contributed by atoms with Crippen LogP contribution in [0, 0.1) is 6.92 Å². The Kier molecular flexibility index (Phi) is 3.44. The number of H-pyrrole nitrogens is 1. The molecule has 1 aromatic carbocycles. The minimum absolute atomic E-state index is 0.696. The van der Waals surface area contributed by atoms with Crippen molar-refractivity contribution in [3.63, 3.8) is 0 Å². The molecule has 1 aromatic heterocycles. The van der Waals surface area contributed by atoms with Crippen LogP contribution in [-0.2, 0) is 13.1 Å². The van der Waals surface area contributed by atoms with Gasteiger partial charge in [-0.25, -0.2) is 4.98 Å². The Bertz CT molecular complexity index is 582. The number of aromatic amines is 1. The molecule has 0 spiro atoms. The Morgan fingerprint density at radius 2 is 2.37 bits per heavy atom. The third-order valence-corrected chi connectivity index (χ3v) is 3.47. The number of nitrogens with zero attached hydrogens (tertiary/aromatic N) is 2. The minimum Gasteiger partial charge on any atom is -0.492 e. The van der Waals surface area contributed by atoms with E-state index in [-0.39, 0.29) is 0 Å². The summed E-state index contributed by atoms with van der Waals surface area (Å²) >= 11 is 6.05. The van der Waals surface area contributed by atoms with E-state index in [1.807, 2.05) is 31.3 Å². The molecule has 0 bridgehead atoms. The Labute approximate surface area is 117 Å². The smallest absolute Gasteiger partial charge is 0.123 e. The maximum absolute atomic E-state index is 6.05. The maximum atomic E-state index is 6.05. The monoisotopic (exact) mass is 277 g/mol. The molecule has 2 aromatic rings. The summed E-state index contributed by atoms with van der Waals surface area (Å²) in [5.41, 5.74) is 2.27. The minimum atomic E-state index is 0.696. The van der Waals surface area contributed by atoms with E-state index < -0.39 is 0 Å². The van der Waals surface area contributed by atoms with Crippen LogP contribution in [0.1, 0.15) is 17.1 Å². The highest BCUT2D eigenvalue weighted by Gasteiger charge is 2.16. The molecule has 1 aliphatic rings. The predicted molar refractivity (Wildman–Crippen MR) is 74.4 cm³/mol. The molecule has 0 fully saturated rings. The largest absolute Gasteiger partial charge is 0.492 e. The zero-order valence-electron chi connectivity index (χ0n) is 10.8. The van der Waals surface area contributed by atoms with E-state index in [4.69, 9.17) is 16.3 Å². The van der Waals surface area contributed by atoms with Gasteiger partial charge < -0.3 is 9.72 Å². The molecule has 1 N–H and O–H groups in total. The van der Waals surface area contributed by atoms with Gasteiger partial charge in [-0.1, -0.05) is 11.6 Å². The summed E-state index contributed by atoms with van der Waals surface area (Å²) in [5.74, 6) is 1.89. The van der Waals surface area contributed by atoms with Crippen LogP contribution in [-0.4, -0.2) is 28.0 Å². The number of aryl methyl sites for hydroxylation is 1. The molecule has 0 radical (unpaired) electrons. The molecule has 0 unspecified atom stereocenters. The van der Waals surface area contributed by atoms with Crippen molar-refractivity contribution >= 4 is 11.6 Å². The lowest BCUT2D eigenvalue weighted by atomic mass is 10.2. The molecule has 0 saturated carbocycles. The highest BCUT2D eigenvalue weighted by Crippen LogP contribution is 2.26. The first-order valence-electron chi connectivity index (χ1n) is 6.35. The van der Waals surface area contributed by atoms with Crippen LogP contribution >= 0.6 is 11.6 Å². The van der Waals surface area contributed by atoms with E-state index in [1.165, 1.54) is 0 Å². The lowest BCUT2D eigenvalue weighted by molar-refractivity contribution is 0.218. The summed E-state index contributed by atoms with van der Waals surface area (Å²) in [6.45, 7) is 5.24. The Hall–Kier alpha value is -1.52. The summed E-state index contributed by atoms with van der Waals surface area (Å²) in [5, 5.41) is 0.751. The topological polar surface area (TPSA) is 41.2 Å². The van der Waals surface area contributed by atoms with Gasteiger partial charge in [-0.3, -0.25) is 4.90 Å². The van der Waals surface area contributed by atoms with Crippen molar-refractivity contribution in [1.82, 2.24) is 14.9 Å². The number of rotatable bonds is 2. The molecule has 19 heavy (non-hydrogen) atoms. The number of fused-ring (bicyclic) bond motifs is 1. The van der Waals surface area contributed by atoms with Crippen molar-refractivity contribution in [2.75, 3.05) is 13.2 Å². The zero-order chi connectivity index (χ0) is 13.2. The van der Waals surface area contributed by atoms with E-state index in [0.29, 0.717) is 6.61 Å². The quantitative estimate of drug-likeness (QED) is 0.918. The molecule has 3 rings (SSSR count). The fourth-order valence-electron chi connectivity index (χ4n) is 2.34. The van der Waals surface area contributed by atoms with Crippen molar-refractivity contribution in [3.8, 4) is 5.75 Å². The molecule has 0 amide bonds. The fourth-order valence-corrected chi connectivity index (χ4v) is 2.54. The first-order valence-corrected chi connectivity index (χ1v) is 6.72. The van der Waals surface area contributed by atoms with Gasteiger partial charge >= 0.3 is 0 Å². The lowest BCUT2D eigenvalue weighted by Crippen LogP contribution is -2.25. The van der Waals surface area contributed by atoms with Crippen LogP contribution in [0.5, 0.6) is 5.75 Å². The fraction of sp³-hybridized carbons (Fsp3) is 0.357. The number of halogens is 1. The van der Waals surface area contributed by atoms with E-state index in [1.54, 1.807) is 0 Å². The molecule has 2 heterocycles. The average Bonchev–Trinajstić information content (AvgIpc) is 2.67. The summed E-state index contributed by atoms with van der Waals surface area (Å²) in [6, 6.07) is 5.79. The number of aromatic nitrogens is 2. The Balaban J connectivity index is 1.77.